The molecule has 0 aliphatic carbocycles. The van der Waals surface area contributed by atoms with Crippen LogP contribution >= 0.6 is 0 Å². The zero-order valence-electron chi connectivity index (χ0n) is 19.3. The summed E-state index contributed by atoms with van der Waals surface area (Å²) in [5, 5.41) is 17.4. The number of nitrogens with one attached hydrogen (secondary N) is 2. The summed E-state index contributed by atoms with van der Waals surface area (Å²) < 4.78 is 19.5. The van der Waals surface area contributed by atoms with Gasteiger partial charge in [0.05, 0.1) is 43.2 Å². The maximum Gasteiger partial charge on any atom is 0.245 e. The van der Waals surface area contributed by atoms with Gasteiger partial charge in [-0.05, 0) is 24.6 Å². The zero-order chi connectivity index (χ0) is 24.1. The van der Waals surface area contributed by atoms with Gasteiger partial charge < -0.3 is 25.0 Å². The summed E-state index contributed by atoms with van der Waals surface area (Å²) in [4.78, 5) is 16.4. The average Bonchev–Trinajstić information content (AvgIpc) is 2.81. The van der Waals surface area contributed by atoms with Crippen LogP contribution in [0.2, 0.25) is 0 Å². The van der Waals surface area contributed by atoms with Crippen molar-refractivity contribution in [3.63, 3.8) is 0 Å². The molecule has 3 N–H and O–H groups in total. The summed E-state index contributed by atoms with van der Waals surface area (Å²) in [6, 6.07) is 7.20. The SMILES string of the molecule is Cc1cc(Nc2cc(O)cc(N(C)C)c2)cnc1/C=N/Nc1ncc(F)c(N2CCOCC2)n1. The lowest BCUT2D eigenvalue weighted by molar-refractivity contribution is 0.122. The van der Waals surface area contributed by atoms with Crippen LogP contribution in [-0.4, -0.2) is 66.7 Å². The van der Waals surface area contributed by atoms with Crippen molar-refractivity contribution in [2.75, 3.05) is 60.9 Å². The predicted molar refractivity (Wildman–Crippen MR) is 131 cm³/mol. The second kappa shape index (κ2) is 10.3. The highest BCUT2D eigenvalue weighted by atomic mass is 19.1. The van der Waals surface area contributed by atoms with Crippen LogP contribution in [0.15, 0.2) is 41.8 Å². The van der Waals surface area contributed by atoms with E-state index < -0.39 is 5.82 Å². The smallest absolute Gasteiger partial charge is 0.245 e. The lowest BCUT2D eigenvalue weighted by Crippen LogP contribution is -2.37. The zero-order valence-corrected chi connectivity index (χ0v) is 19.3. The number of phenolic OH excluding ortho intramolecular Hbond substituents is 1. The van der Waals surface area contributed by atoms with Gasteiger partial charge in [0.15, 0.2) is 11.6 Å². The van der Waals surface area contributed by atoms with Gasteiger partial charge in [-0.25, -0.2) is 14.8 Å². The van der Waals surface area contributed by atoms with Crippen molar-refractivity contribution in [1.82, 2.24) is 15.0 Å². The van der Waals surface area contributed by atoms with Gasteiger partial charge in [0, 0.05) is 50.7 Å². The van der Waals surface area contributed by atoms with E-state index in [-0.39, 0.29) is 17.5 Å². The van der Waals surface area contributed by atoms with Crippen molar-refractivity contribution in [2.24, 2.45) is 5.10 Å². The van der Waals surface area contributed by atoms with Gasteiger partial charge in [0.25, 0.3) is 0 Å². The molecular weight excluding hydrogens is 439 g/mol. The van der Waals surface area contributed by atoms with Crippen molar-refractivity contribution >= 4 is 35.0 Å². The van der Waals surface area contributed by atoms with Crippen LogP contribution in [0.4, 0.5) is 33.2 Å². The van der Waals surface area contributed by atoms with Gasteiger partial charge in [-0.15, -0.1) is 0 Å². The van der Waals surface area contributed by atoms with E-state index in [1.54, 1.807) is 24.5 Å². The summed E-state index contributed by atoms with van der Waals surface area (Å²) in [7, 11) is 3.82. The van der Waals surface area contributed by atoms with Crippen molar-refractivity contribution < 1.29 is 14.2 Å². The van der Waals surface area contributed by atoms with Gasteiger partial charge in [-0.2, -0.15) is 10.1 Å². The summed E-state index contributed by atoms with van der Waals surface area (Å²) in [5.74, 6) is 0.107. The first-order valence-corrected chi connectivity index (χ1v) is 10.8. The first-order chi connectivity index (χ1) is 16.4. The molecule has 34 heavy (non-hydrogen) atoms. The molecule has 0 saturated carbocycles. The molecule has 1 aromatic carbocycles. The Kier molecular flexibility index (Phi) is 7.02. The Balaban J connectivity index is 1.43. The number of halogens is 1. The third-order valence-corrected chi connectivity index (χ3v) is 5.21. The lowest BCUT2D eigenvalue weighted by atomic mass is 10.2. The molecule has 3 heterocycles. The average molecular weight is 467 g/mol. The number of hydrogen-bond donors (Lipinski definition) is 3. The summed E-state index contributed by atoms with van der Waals surface area (Å²) in [5.41, 5.74) is 6.67. The molecule has 0 bridgehead atoms. The molecule has 1 aliphatic rings. The molecule has 0 atom stereocenters. The molecule has 3 aromatic rings. The number of hydrogen-bond acceptors (Lipinski definition) is 10. The van der Waals surface area contributed by atoms with E-state index in [0.29, 0.717) is 32.0 Å². The molecule has 10 nitrogen and oxygen atoms in total. The number of aromatic hydroxyl groups is 1. The number of nitrogens with zero attached hydrogens (tertiary/aromatic N) is 6. The largest absolute Gasteiger partial charge is 0.508 e. The molecule has 0 amide bonds. The minimum Gasteiger partial charge on any atom is -0.508 e. The number of hydrazone groups is 1. The van der Waals surface area contributed by atoms with Gasteiger partial charge in [0.1, 0.15) is 5.75 Å². The quantitative estimate of drug-likeness (QED) is 0.357. The number of phenols is 1. The monoisotopic (exact) mass is 466 g/mol. The summed E-state index contributed by atoms with van der Waals surface area (Å²) >= 11 is 0. The molecule has 0 radical (unpaired) electrons. The number of aryl methyl sites for hydroxylation is 1. The number of rotatable bonds is 7. The number of aromatic nitrogens is 3. The second-order valence-corrected chi connectivity index (χ2v) is 8.02. The van der Waals surface area contributed by atoms with Gasteiger partial charge in [-0.1, -0.05) is 0 Å². The van der Waals surface area contributed by atoms with E-state index in [9.17, 15) is 9.50 Å². The normalized spacial score (nSPS) is 13.8. The number of benzene rings is 1. The van der Waals surface area contributed by atoms with Crippen molar-refractivity contribution in [2.45, 2.75) is 6.92 Å². The Hall–Kier alpha value is -3.99. The molecule has 0 spiro atoms. The van der Waals surface area contributed by atoms with Crippen molar-refractivity contribution in [3.8, 4) is 5.75 Å². The van der Waals surface area contributed by atoms with E-state index in [4.69, 9.17) is 4.74 Å². The maximum atomic E-state index is 14.2. The highest BCUT2D eigenvalue weighted by molar-refractivity contribution is 5.80. The Morgan fingerprint density at radius 3 is 2.65 bits per heavy atom. The van der Waals surface area contributed by atoms with Crippen LogP contribution in [-0.2, 0) is 4.74 Å². The van der Waals surface area contributed by atoms with Gasteiger partial charge >= 0.3 is 0 Å². The minimum absolute atomic E-state index is 0.174. The second-order valence-electron chi connectivity index (χ2n) is 8.02. The van der Waals surface area contributed by atoms with E-state index >= 15 is 0 Å². The fourth-order valence-corrected chi connectivity index (χ4v) is 3.44. The number of morpholine rings is 1. The van der Waals surface area contributed by atoms with Gasteiger partial charge in [-0.3, -0.25) is 4.98 Å². The standard InChI is InChI=1S/C23H27FN8O2/c1-15-8-17(28-16-9-18(31(2)3)11-19(33)10-16)12-25-21(15)14-27-30-23-26-13-20(24)22(29-23)32-4-6-34-7-5-32/h8-14,28,33H,4-7H2,1-3H3,(H,26,29,30)/b27-14+. The Morgan fingerprint density at radius 2 is 1.91 bits per heavy atom. The first kappa shape index (κ1) is 23.2. The van der Waals surface area contributed by atoms with Gasteiger partial charge in [0.2, 0.25) is 5.95 Å². The molecule has 2 aromatic heterocycles. The molecule has 178 valence electrons. The number of pyridine rings is 1. The fraction of sp³-hybridized carbons (Fsp3) is 0.304. The van der Waals surface area contributed by atoms with Crippen LogP contribution in [0.1, 0.15) is 11.3 Å². The highest BCUT2D eigenvalue weighted by Gasteiger charge is 2.17. The van der Waals surface area contributed by atoms with E-state index in [1.807, 2.05) is 43.0 Å². The fourth-order valence-electron chi connectivity index (χ4n) is 3.44. The maximum absolute atomic E-state index is 14.2. The molecule has 0 unspecified atom stereocenters. The van der Waals surface area contributed by atoms with Crippen molar-refractivity contribution in [3.05, 3.63) is 53.7 Å². The summed E-state index contributed by atoms with van der Waals surface area (Å²) in [6.07, 6.45) is 4.36. The third-order valence-electron chi connectivity index (χ3n) is 5.21. The lowest BCUT2D eigenvalue weighted by Gasteiger charge is -2.27. The Morgan fingerprint density at radius 1 is 1.12 bits per heavy atom. The highest BCUT2D eigenvalue weighted by Crippen LogP contribution is 2.27. The molecule has 1 fully saturated rings. The summed E-state index contributed by atoms with van der Waals surface area (Å²) in [6.45, 7) is 4.11. The van der Waals surface area contributed by atoms with Crippen LogP contribution in [0.25, 0.3) is 0 Å². The minimum atomic E-state index is -0.485. The molecule has 1 saturated heterocycles. The van der Waals surface area contributed by atoms with E-state index in [1.165, 1.54) is 0 Å². The number of anilines is 5. The molecule has 4 rings (SSSR count). The third kappa shape index (κ3) is 5.67. The van der Waals surface area contributed by atoms with E-state index in [0.717, 1.165) is 28.8 Å². The Bertz CT molecular complexity index is 1180. The number of ether oxygens (including phenoxy) is 1. The first-order valence-electron chi connectivity index (χ1n) is 10.8. The van der Waals surface area contributed by atoms with Crippen molar-refractivity contribution in [1.29, 1.82) is 0 Å². The molecular formula is C23H27FN8O2. The van der Waals surface area contributed by atoms with Crippen LogP contribution in [0.5, 0.6) is 5.75 Å². The van der Waals surface area contributed by atoms with Crippen LogP contribution in [0.3, 0.4) is 0 Å². The van der Waals surface area contributed by atoms with E-state index in [2.05, 4.69) is 30.8 Å². The Labute approximate surface area is 197 Å². The molecule has 1 aliphatic heterocycles. The van der Waals surface area contributed by atoms with Crippen LogP contribution in [0, 0.1) is 12.7 Å². The topological polar surface area (TPSA) is 111 Å². The predicted octanol–water partition coefficient (Wildman–Crippen LogP) is 3.12. The van der Waals surface area contributed by atoms with Crippen LogP contribution < -0.4 is 20.5 Å². The molecule has 11 heteroatoms.